The van der Waals surface area contributed by atoms with Crippen LogP contribution < -0.4 is 0 Å². The SMILES string of the molecule is O=C1[C@@H]2CCc3ccccc3[C@@H]2CN1[C@H]1[C@@H]2CC3C[C@H]1C[C@](O)(C3)C2. The van der Waals surface area contributed by atoms with Crippen molar-refractivity contribution >= 4 is 5.91 Å². The first-order valence-electron chi connectivity index (χ1n) is 10.2. The third kappa shape index (κ3) is 1.99. The Labute approximate surface area is 149 Å². The normalized spacial score (nSPS) is 47.1. The number of nitrogens with zero attached hydrogens (tertiary/aromatic N) is 1. The average molecular weight is 337 g/mol. The Morgan fingerprint density at radius 1 is 1.04 bits per heavy atom. The van der Waals surface area contributed by atoms with Crippen LogP contribution in [0.15, 0.2) is 24.3 Å². The van der Waals surface area contributed by atoms with Crippen molar-refractivity contribution < 1.29 is 9.90 Å². The van der Waals surface area contributed by atoms with Crippen molar-refractivity contribution in [2.24, 2.45) is 23.7 Å². The highest BCUT2D eigenvalue weighted by Gasteiger charge is 2.58. The summed E-state index contributed by atoms with van der Waals surface area (Å²) in [6.07, 6.45) is 7.42. The van der Waals surface area contributed by atoms with Crippen molar-refractivity contribution in [1.29, 1.82) is 0 Å². The van der Waals surface area contributed by atoms with Crippen LogP contribution in [0.1, 0.15) is 55.6 Å². The summed E-state index contributed by atoms with van der Waals surface area (Å²) in [6.45, 7) is 0.918. The second-order valence-corrected chi connectivity index (χ2v) is 9.63. The van der Waals surface area contributed by atoms with Crippen LogP contribution >= 0.6 is 0 Å². The molecule has 1 heterocycles. The number of amides is 1. The molecule has 4 bridgehead atoms. The van der Waals surface area contributed by atoms with Gasteiger partial charge >= 0.3 is 0 Å². The summed E-state index contributed by atoms with van der Waals surface area (Å²) in [6, 6.07) is 9.17. The zero-order valence-corrected chi connectivity index (χ0v) is 14.7. The van der Waals surface area contributed by atoms with Gasteiger partial charge in [-0.1, -0.05) is 24.3 Å². The number of aryl methyl sites for hydroxylation is 1. The number of carbonyl (C=O) groups is 1. The Morgan fingerprint density at radius 2 is 1.80 bits per heavy atom. The first-order valence-corrected chi connectivity index (χ1v) is 10.2. The molecular formula is C22H27NO2. The molecule has 7 rings (SSSR count). The summed E-state index contributed by atoms with van der Waals surface area (Å²) in [4.78, 5) is 15.6. The van der Waals surface area contributed by atoms with E-state index in [4.69, 9.17) is 0 Å². The number of benzene rings is 1. The Hall–Kier alpha value is -1.35. The van der Waals surface area contributed by atoms with E-state index in [9.17, 15) is 9.90 Å². The minimum atomic E-state index is -0.408. The molecule has 7 atom stereocenters. The summed E-state index contributed by atoms with van der Waals surface area (Å²) < 4.78 is 0. The van der Waals surface area contributed by atoms with Crippen molar-refractivity contribution in [2.45, 2.75) is 62.5 Å². The summed E-state index contributed by atoms with van der Waals surface area (Å²) in [7, 11) is 0. The van der Waals surface area contributed by atoms with Crippen LogP contribution in [0.2, 0.25) is 0 Å². The minimum Gasteiger partial charge on any atom is -0.390 e. The third-order valence-corrected chi connectivity index (χ3v) is 8.21. The maximum atomic E-state index is 13.3. The van der Waals surface area contributed by atoms with Gasteiger partial charge in [-0.15, -0.1) is 0 Å². The van der Waals surface area contributed by atoms with Crippen molar-refractivity contribution in [3.63, 3.8) is 0 Å². The molecule has 25 heavy (non-hydrogen) atoms. The molecule has 3 heteroatoms. The van der Waals surface area contributed by atoms with Gasteiger partial charge in [0, 0.05) is 24.4 Å². The first kappa shape index (κ1) is 14.8. The van der Waals surface area contributed by atoms with Crippen molar-refractivity contribution in [1.82, 2.24) is 4.90 Å². The lowest BCUT2D eigenvalue weighted by atomic mass is 9.52. The van der Waals surface area contributed by atoms with Crippen LogP contribution in [0, 0.1) is 23.7 Å². The molecule has 5 aliphatic carbocycles. The van der Waals surface area contributed by atoms with E-state index < -0.39 is 5.60 Å². The summed E-state index contributed by atoms with van der Waals surface area (Å²) >= 11 is 0. The maximum Gasteiger partial charge on any atom is 0.226 e. The molecule has 0 aromatic heterocycles. The molecule has 1 N–H and O–H groups in total. The molecule has 3 nitrogen and oxygen atoms in total. The van der Waals surface area contributed by atoms with E-state index in [0.717, 1.165) is 38.6 Å². The summed E-state index contributed by atoms with van der Waals surface area (Å²) in [5.41, 5.74) is 2.48. The van der Waals surface area contributed by atoms with Crippen LogP contribution in [0.3, 0.4) is 0 Å². The predicted octanol–water partition coefficient (Wildman–Crippen LogP) is 3.11. The second kappa shape index (κ2) is 4.88. The topological polar surface area (TPSA) is 40.5 Å². The molecule has 6 aliphatic rings. The van der Waals surface area contributed by atoms with Crippen molar-refractivity contribution in [3.8, 4) is 0 Å². The zero-order valence-electron chi connectivity index (χ0n) is 14.7. The molecule has 1 aliphatic heterocycles. The Balaban J connectivity index is 1.33. The number of fused-ring (bicyclic) bond motifs is 3. The predicted molar refractivity (Wildman–Crippen MR) is 95.0 cm³/mol. The van der Waals surface area contributed by atoms with Gasteiger partial charge in [0.2, 0.25) is 5.91 Å². The van der Waals surface area contributed by atoms with Crippen LogP contribution in [0.5, 0.6) is 0 Å². The Bertz CT molecular complexity index is 727. The molecule has 1 aromatic carbocycles. The Morgan fingerprint density at radius 3 is 2.56 bits per heavy atom. The first-order chi connectivity index (χ1) is 12.1. The van der Waals surface area contributed by atoms with E-state index in [-0.39, 0.29) is 5.92 Å². The molecule has 4 saturated carbocycles. The monoisotopic (exact) mass is 337 g/mol. The van der Waals surface area contributed by atoms with Gasteiger partial charge in [-0.05, 0) is 73.8 Å². The average Bonchev–Trinajstić information content (AvgIpc) is 2.90. The second-order valence-electron chi connectivity index (χ2n) is 9.63. The Kier molecular flexibility index (Phi) is 2.88. The van der Waals surface area contributed by atoms with E-state index >= 15 is 0 Å². The summed E-state index contributed by atoms with van der Waals surface area (Å²) in [5, 5.41) is 10.9. The van der Waals surface area contributed by atoms with Gasteiger partial charge in [-0.25, -0.2) is 0 Å². The van der Waals surface area contributed by atoms with E-state index in [2.05, 4.69) is 29.2 Å². The van der Waals surface area contributed by atoms with E-state index in [0.29, 0.717) is 35.6 Å². The number of likely N-dealkylation sites (tertiary alicyclic amines) is 1. The smallest absolute Gasteiger partial charge is 0.226 e. The standard InChI is InChI=1S/C22H27NO2/c24-21-18-6-5-14-3-1-2-4-17(14)19(18)12-23(21)20-15-7-13-8-16(20)11-22(25,9-13)10-15/h1-4,13,15-16,18-20,25H,5-12H2/t13?,15-,16+,18-,19+,20+,22+/m1/s1. The molecule has 5 fully saturated rings. The zero-order chi connectivity index (χ0) is 16.8. The fraction of sp³-hybridized carbons (Fsp3) is 0.682. The highest BCUT2D eigenvalue weighted by atomic mass is 16.3. The lowest BCUT2D eigenvalue weighted by molar-refractivity contribution is -0.168. The van der Waals surface area contributed by atoms with E-state index in [1.54, 1.807) is 0 Å². The lowest BCUT2D eigenvalue weighted by Crippen LogP contribution is -2.62. The maximum absolute atomic E-state index is 13.3. The molecule has 0 spiro atoms. The quantitative estimate of drug-likeness (QED) is 0.855. The molecule has 1 aromatic rings. The van der Waals surface area contributed by atoms with Gasteiger partial charge in [0.05, 0.1) is 5.60 Å². The molecule has 1 unspecified atom stereocenters. The largest absolute Gasteiger partial charge is 0.390 e. The number of aliphatic hydroxyl groups is 1. The van der Waals surface area contributed by atoms with Crippen molar-refractivity contribution in [2.75, 3.05) is 6.54 Å². The molecule has 132 valence electrons. The summed E-state index contributed by atoms with van der Waals surface area (Å²) in [5.74, 6) is 2.81. The van der Waals surface area contributed by atoms with Gasteiger partial charge in [0.15, 0.2) is 0 Å². The third-order valence-electron chi connectivity index (χ3n) is 8.21. The van der Waals surface area contributed by atoms with Gasteiger partial charge < -0.3 is 10.0 Å². The minimum absolute atomic E-state index is 0.204. The molecule has 1 amide bonds. The highest BCUT2D eigenvalue weighted by molar-refractivity contribution is 5.83. The van der Waals surface area contributed by atoms with E-state index in [1.807, 2.05) is 0 Å². The van der Waals surface area contributed by atoms with Crippen LogP contribution in [-0.2, 0) is 11.2 Å². The van der Waals surface area contributed by atoms with Gasteiger partial charge in [0.25, 0.3) is 0 Å². The van der Waals surface area contributed by atoms with Crippen molar-refractivity contribution in [3.05, 3.63) is 35.4 Å². The van der Waals surface area contributed by atoms with Gasteiger partial charge in [-0.3, -0.25) is 4.79 Å². The number of carbonyl (C=O) groups excluding carboxylic acids is 1. The van der Waals surface area contributed by atoms with Gasteiger partial charge in [-0.2, -0.15) is 0 Å². The van der Waals surface area contributed by atoms with Crippen LogP contribution in [-0.4, -0.2) is 34.1 Å². The lowest BCUT2D eigenvalue weighted by Gasteiger charge is -2.59. The fourth-order valence-corrected chi connectivity index (χ4v) is 7.62. The number of rotatable bonds is 1. The molecule has 1 saturated heterocycles. The van der Waals surface area contributed by atoms with E-state index in [1.165, 1.54) is 24.0 Å². The fourth-order valence-electron chi connectivity index (χ4n) is 7.62. The van der Waals surface area contributed by atoms with Crippen LogP contribution in [0.4, 0.5) is 0 Å². The number of hydrogen-bond acceptors (Lipinski definition) is 2. The highest BCUT2D eigenvalue weighted by Crippen LogP contribution is 2.58. The molecular weight excluding hydrogens is 310 g/mol. The number of hydrogen-bond donors (Lipinski definition) is 1. The van der Waals surface area contributed by atoms with Gasteiger partial charge in [0.1, 0.15) is 0 Å². The van der Waals surface area contributed by atoms with Crippen LogP contribution in [0.25, 0.3) is 0 Å². The molecule has 0 radical (unpaired) electrons.